The van der Waals surface area contributed by atoms with E-state index in [0.29, 0.717) is 0 Å². The second kappa shape index (κ2) is 5.05. The van der Waals surface area contributed by atoms with E-state index >= 15 is 0 Å². The third-order valence-corrected chi connectivity index (χ3v) is 3.96. The van der Waals surface area contributed by atoms with Gasteiger partial charge >= 0.3 is 0 Å². The van der Waals surface area contributed by atoms with Crippen LogP contribution in [0.1, 0.15) is 25.3 Å². The van der Waals surface area contributed by atoms with Gasteiger partial charge in [0.25, 0.3) is 5.69 Å². The highest BCUT2D eigenvalue weighted by molar-refractivity contribution is 5.40. The van der Waals surface area contributed by atoms with Gasteiger partial charge in [0, 0.05) is 23.4 Å². The molecule has 1 heterocycles. The third kappa shape index (κ3) is 2.59. The van der Waals surface area contributed by atoms with Crippen molar-refractivity contribution in [2.45, 2.75) is 31.0 Å². The molecular weight excluding hydrogens is 285 g/mol. The van der Waals surface area contributed by atoms with Gasteiger partial charge in [-0.1, -0.05) is 6.58 Å². The number of alkyl halides is 2. The first-order valence-electron chi connectivity index (χ1n) is 6.39. The van der Waals surface area contributed by atoms with E-state index in [2.05, 4.69) is 11.9 Å². The van der Waals surface area contributed by atoms with Crippen LogP contribution in [-0.2, 0) is 5.54 Å². The van der Waals surface area contributed by atoms with Crippen LogP contribution in [0.4, 0.5) is 18.9 Å². The van der Waals surface area contributed by atoms with E-state index in [4.69, 9.17) is 0 Å². The van der Waals surface area contributed by atoms with Crippen LogP contribution in [0.2, 0.25) is 0 Å². The second-order valence-corrected chi connectivity index (χ2v) is 5.46. The fourth-order valence-electron chi connectivity index (χ4n) is 2.51. The number of nitrogens with zero attached hydrogens (tertiary/aromatic N) is 1. The lowest BCUT2D eigenvalue weighted by molar-refractivity contribution is -0.385. The molecule has 4 nitrogen and oxygen atoms in total. The Hall–Kier alpha value is -2.05. The standard InChI is InChI=1S/C14H15F3N2O2/c1-9-14(17,8-15)6-5-13(2,18-9)11-7-10(19(20)21)3-4-12(11)16/h3-4,7,18H,1,5-6,8H2,2H3/t13-,14-/m0/s1. The number of piperidine rings is 1. The molecule has 1 aromatic carbocycles. The Morgan fingerprint density at radius 2 is 2.14 bits per heavy atom. The molecule has 0 aromatic heterocycles. The van der Waals surface area contributed by atoms with Crippen molar-refractivity contribution in [3.63, 3.8) is 0 Å². The highest BCUT2D eigenvalue weighted by Gasteiger charge is 2.45. The van der Waals surface area contributed by atoms with E-state index in [1.165, 1.54) is 0 Å². The van der Waals surface area contributed by atoms with E-state index in [0.717, 1.165) is 18.2 Å². The quantitative estimate of drug-likeness (QED) is 0.686. The molecule has 21 heavy (non-hydrogen) atoms. The van der Waals surface area contributed by atoms with Gasteiger partial charge in [-0.15, -0.1) is 0 Å². The van der Waals surface area contributed by atoms with Gasteiger partial charge in [0.15, 0.2) is 5.67 Å². The zero-order valence-corrected chi connectivity index (χ0v) is 11.5. The Morgan fingerprint density at radius 3 is 2.67 bits per heavy atom. The summed E-state index contributed by atoms with van der Waals surface area (Å²) in [7, 11) is 0. The van der Waals surface area contributed by atoms with Gasteiger partial charge in [-0.25, -0.2) is 13.2 Å². The van der Waals surface area contributed by atoms with E-state index in [9.17, 15) is 23.3 Å². The monoisotopic (exact) mass is 300 g/mol. The molecule has 1 aliphatic rings. The van der Waals surface area contributed by atoms with Gasteiger partial charge in [-0.3, -0.25) is 10.1 Å². The molecule has 114 valence electrons. The number of hydrogen-bond donors (Lipinski definition) is 1. The maximum absolute atomic E-state index is 14.1. The first-order valence-corrected chi connectivity index (χ1v) is 6.39. The van der Waals surface area contributed by atoms with Crippen molar-refractivity contribution < 1.29 is 18.1 Å². The van der Waals surface area contributed by atoms with Crippen LogP contribution in [-0.4, -0.2) is 17.3 Å². The average molecular weight is 300 g/mol. The number of halogens is 3. The fraction of sp³-hybridized carbons (Fsp3) is 0.429. The minimum absolute atomic E-state index is 0.0405. The van der Waals surface area contributed by atoms with Crippen LogP contribution in [0.25, 0.3) is 0 Å². The van der Waals surface area contributed by atoms with Gasteiger partial charge in [-0.05, 0) is 25.8 Å². The van der Waals surface area contributed by atoms with Gasteiger partial charge in [0.05, 0.1) is 10.5 Å². The molecule has 7 heteroatoms. The Morgan fingerprint density at radius 1 is 1.48 bits per heavy atom. The molecule has 1 aliphatic heterocycles. The maximum Gasteiger partial charge on any atom is 0.269 e. The number of non-ortho nitro benzene ring substituents is 1. The molecule has 1 N–H and O–H groups in total. The summed E-state index contributed by atoms with van der Waals surface area (Å²) < 4.78 is 40.9. The molecule has 0 spiro atoms. The molecular formula is C14H15F3N2O2. The number of nitro benzene ring substituents is 1. The number of rotatable bonds is 3. The van der Waals surface area contributed by atoms with Crippen LogP contribution in [0.5, 0.6) is 0 Å². The zero-order valence-electron chi connectivity index (χ0n) is 11.5. The van der Waals surface area contributed by atoms with Crippen molar-refractivity contribution in [2.24, 2.45) is 0 Å². The number of nitrogens with one attached hydrogen (secondary N) is 1. The van der Waals surface area contributed by atoms with Gasteiger partial charge in [-0.2, -0.15) is 0 Å². The summed E-state index contributed by atoms with van der Waals surface area (Å²) in [6, 6.07) is 3.16. The fourth-order valence-corrected chi connectivity index (χ4v) is 2.51. The van der Waals surface area contributed by atoms with Crippen LogP contribution in [0.3, 0.4) is 0 Å². The molecule has 2 rings (SSSR count). The van der Waals surface area contributed by atoms with E-state index in [-0.39, 0.29) is 29.8 Å². The summed E-state index contributed by atoms with van der Waals surface area (Å²) in [5.74, 6) is -0.644. The number of nitro groups is 1. The van der Waals surface area contributed by atoms with Crippen molar-refractivity contribution in [2.75, 3.05) is 6.67 Å². The summed E-state index contributed by atoms with van der Waals surface area (Å²) in [5.41, 5.74) is -3.65. The second-order valence-electron chi connectivity index (χ2n) is 5.46. The largest absolute Gasteiger partial charge is 0.377 e. The summed E-state index contributed by atoms with van der Waals surface area (Å²) in [5, 5.41) is 13.5. The van der Waals surface area contributed by atoms with Crippen LogP contribution in [0, 0.1) is 15.9 Å². The smallest absolute Gasteiger partial charge is 0.269 e. The molecule has 0 bridgehead atoms. The molecule has 1 aromatic rings. The van der Waals surface area contributed by atoms with Crippen molar-refractivity contribution in [3.05, 3.63) is 52.0 Å². The Balaban J connectivity index is 2.40. The summed E-state index contributed by atoms with van der Waals surface area (Å²) in [6.07, 6.45) is -0.0848. The van der Waals surface area contributed by atoms with E-state index in [1.807, 2.05) is 0 Å². The normalized spacial score (nSPS) is 29.0. The maximum atomic E-state index is 14.1. The van der Waals surface area contributed by atoms with Gasteiger partial charge < -0.3 is 5.32 Å². The lowest BCUT2D eigenvalue weighted by atomic mass is 9.78. The molecule has 1 fully saturated rings. The van der Waals surface area contributed by atoms with Gasteiger partial charge in [0.2, 0.25) is 0 Å². The highest BCUT2D eigenvalue weighted by atomic mass is 19.2. The number of allylic oxidation sites excluding steroid dienone is 1. The predicted molar refractivity (Wildman–Crippen MR) is 71.7 cm³/mol. The molecule has 0 amide bonds. The van der Waals surface area contributed by atoms with E-state index < -0.39 is 28.6 Å². The van der Waals surface area contributed by atoms with Crippen LogP contribution < -0.4 is 5.32 Å². The van der Waals surface area contributed by atoms with Crippen LogP contribution in [0.15, 0.2) is 30.5 Å². The predicted octanol–water partition coefficient (Wildman–Crippen LogP) is 3.52. The zero-order chi connectivity index (χ0) is 15.8. The van der Waals surface area contributed by atoms with Crippen molar-refractivity contribution >= 4 is 5.69 Å². The first-order chi connectivity index (χ1) is 9.72. The third-order valence-electron chi connectivity index (χ3n) is 3.96. The lowest BCUT2D eigenvalue weighted by Gasteiger charge is -2.43. The first kappa shape index (κ1) is 15.3. The summed E-state index contributed by atoms with van der Waals surface area (Å²) in [4.78, 5) is 10.2. The Kier molecular flexibility index (Phi) is 3.69. The van der Waals surface area contributed by atoms with Crippen molar-refractivity contribution in [1.29, 1.82) is 0 Å². The Bertz CT molecular complexity index is 608. The molecule has 1 saturated heterocycles. The average Bonchev–Trinajstić information content (AvgIpc) is 2.43. The molecule has 0 radical (unpaired) electrons. The van der Waals surface area contributed by atoms with E-state index in [1.54, 1.807) is 6.92 Å². The molecule has 0 aliphatic carbocycles. The van der Waals surface area contributed by atoms with Crippen molar-refractivity contribution in [3.8, 4) is 0 Å². The SMILES string of the molecule is C=C1N[C@](C)(c2cc([N+](=O)[O-])ccc2F)CC[C@]1(F)CF. The van der Waals surface area contributed by atoms with Crippen LogP contribution >= 0.6 is 0 Å². The molecule has 0 saturated carbocycles. The molecule has 2 atom stereocenters. The topological polar surface area (TPSA) is 55.2 Å². The Labute approximate surface area is 119 Å². The lowest BCUT2D eigenvalue weighted by Crippen LogP contribution is -2.52. The minimum Gasteiger partial charge on any atom is -0.377 e. The minimum atomic E-state index is -2.18. The van der Waals surface area contributed by atoms with Crippen molar-refractivity contribution in [1.82, 2.24) is 5.32 Å². The van der Waals surface area contributed by atoms with Gasteiger partial charge in [0.1, 0.15) is 12.5 Å². The highest BCUT2D eigenvalue weighted by Crippen LogP contribution is 2.41. The molecule has 0 unspecified atom stereocenters. The summed E-state index contributed by atoms with van der Waals surface area (Å²) in [6.45, 7) is 3.83. The summed E-state index contributed by atoms with van der Waals surface area (Å²) >= 11 is 0. The number of hydrogen-bond acceptors (Lipinski definition) is 3. The number of benzene rings is 1.